The summed E-state index contributed by atoms with van der Waals surface area (Å²) in [4.78, 5) is 14.7. The van der Waals surface area contributed by atoms with E-state index in [-0.39, 0.29) is 29.3 Å². The van der Waals surface area contributed by atoms with E-state index < -0.39 is 10.0 Å². The van der Waals surface area contributed by atoms with Crippen molar-refractivity contribution in [1.82, 2.24) is 8.87 Å². The van der Waals surface area contributed by atoms with Crippen molar-refractivity contribution in [2.75, 3.05) is 13.1 Å². The number of likely N-dealkylation sites (tertiary alicyclic amines) is 1. The van der Waals surface area contributed by atoms with Gasteiger partial charge in [0.2, 0.25) is 0 Å². The summed E-state index contributed by atoms with van der Waals surface area (Å²) in [6.45, 7) is 5.21. The summed E-state index contributed by atoms with van der Waals surface area (Å²) in [5.41, 5.74) is 7.32. The number of nitrogens with zero attached hydrogens (tertiary/aromatic N) is 2. The van der Waals surface area contributed by atoms with Gasteiger partial charge in [0, 0.05) is 31.5 Å². The van der Waals surface area contributed by atoms with Crippen LogP contribution in [0.25, 0.3) is 0 Å². The zero-order chi connectivity index (χ0) is 18.9. The van der Waals surface area contributed by atoms with Crippen molar-refractivity contribution in [3.05, 3.63) is 53.9 Å². The third-order valence-electron chi connectivity index (χ3n) is 5.08. The molecule has 0 radical (unpaired) electrons. The van der Waals surface area contributed by atoms with E-state index in [1.807, 2.05) is 13.8 Å². The predicted octanol–water partition coefficient (Wildman–Crippen LogP) is 2.65. The van der Waals surface area contributed by atoms with Crippen molar-refractivity contribution in [2.24, 2.45) is 11.7 Å². The molecular formula is C19H26ClN3O3S. The number of hydrogen-bond donors (Lipinski definition) is 1. The molecule has 148 valence electrons. The molecule has 1 aromatic heterocycles. The molecule has 2 heterocycles. The molecule has 2 N–H and O–H groups in total. The van der Waals surface area contributed by atoms with E-state index in [4.69, 9.17) is 5.73 Å². The molecule has 8 heteroatoms. The molecule has 0 bridgehead atoms. The Bertz CT molecular complexity index is 883. The topological polar surface area (TPSA) is 85.4 Å². The number of halogens is 1. The highest BCUT2D eigenvalue weighted by Gasteiger charge is 2.26. The Morgan fingerprint density at radius 1 is 1.15 bits per heavy atom. The van der Waals surface area contributed by atoms with Gasteiger partial charge in [0.05, 0.1) is 10.5 Å². The molecular weight excluding hydrogens is 386 g/mol. The van der Waals surface area contributed by atoms with Gasteiger partial charge in [0.1, 0.15) is 0 Å². The van der Waals surface area contributed by atoms with Gasteiger partial charge in [-0.15, -0.1) is 12.4 Å². The summed E-state index contributed by atoms with van der Waals surface area (Å²) in [6.07, 6.45) is 4.59. The predicted molar refractivity (Wildman–Crippen MR) is 108 cm³/mol. The molecule has 1 amide bonds. The minimum absolute atomic E-state index is 0. The molecule has 6 nitrogen and oxygen atoms in total. The van der Waals surface area contributed by atoms with Crippen LogP contribution in [0.1, 0.15) is 35.7 Å². The Kier molecular flexibility index (Phi) is 6.72. The van der Waals surface area contributed by atoms with Gasteiger partial charge in [0.15, 0.2) is 0 Å². The van der Waals surface area contributed by atoms with Crippen LogP contribution in [-0.2, 0) is 10.0 Å². The van der Waals surface area contributed by atoms with E-state index in [9.17, 15) is 13.2 Å². The van der Waals surface area contributed by atoms with E-state index in [2.05, 4.69) is 0 Å². The van der Waals surface area contributed by atoms with Gasteiger partial charge in [-0.2, -0.15) is 0 Å². The third kappa shape index (κ3) is 4.54. The average Bonchev–Trinajstić information content (AvgIpc) is 3.12. The quantitative estimate of drug-likeness (QED) is 0.837. The van der Waals surface area contributed by atoms with Crippen molar-refractivity contribution in [2.45, 2.75) is 37.6 Å². The molecule has 27 heavy (non-hydrogen) atoms. The molecule has 1 saturated heterocycles. The Morgan fingerprint density at radius 2 is 1.74 bits per heavy atom. The van der Waals surface area contributed by atoms with Gasteiger partial charge in [-0.1, -0.05) is 17.7 Å². The minimum atomic E-state index is -3.69. The standard InChI is InChI=1S/C19H25N3O3S.ClH/c1-14-3-5-18(6-4-14)26(24,25)22-12-9-17(13-22)19(23)21-10-7-16(8-11-21)15(2)20;/h3-6,9,12-13,15-16H,7-8,10-11,20H2,1-2H3;1H. The van der Waals surface area contributed by atoms with E-state index >= 15 is 0 Å². The second-order valence-electron chi connectivity index (χ2n) is 7.04. The van der Waals surface area contributed by atoms with E-state index in [0.717, 1.165) is 22.4 Å². The van der Waals surface area contributed by atoms with Gasteiger partial charge in [-0.3, -0.25) is 4.79 Å². The van der Waals surface area contributed by atoms with Crippen LogP contribution in [0.3, 0.4) is 0 Å². The normalized spacial score (nSPS) is 16.6. The lowest BCUT2D eigenvalue weighted by Crippen LogP contribution is -2.42. The molecule has 3 rings (SSSR count). The first-order valence-corrected chi connectivity index (χ1v) is 10.3. The maximum Gasteiger partial charge on any atom is 0.267 e. The number of piperidine rings is 1. The van der Waals surface area contributed by atoms with Crippen LogP contribution < -0.4 is 5.73 Å². The summed E-state index contributed by atoms with van der Waals surface area (Å²) >= 11 is 0. The van der Waals surface area contributed by atoms with Crippen LogP contribution in [0.2, 0.25) is 0 Å². The number of amides is 1. The summed E-state index contributed by atoms with van der Waals surface area (Å²) in [5.74, 6) is 0.302. The number of benzene rings is 1. The Hall–Kier alpha value is -1.83. The number of carbonyl (C=O) groups is 1. The van der Waals surface area contributed by atoms with Crippen LogP contribution in [0.4, 0.5) is 0 Å². The molecule has 0 aliphatic carbocycles. The van der Waals surface area contributed by atoms with Crippen LogP contribution in [0, 0.1) is 12.8 Å². The second kappa shape index (κ2) is 8.46. The molecule has 1 atom stereocenters. The smallest absolute Gasteiger partial charge is 0.267 e. The largest absolute Gasteiger partial charge is 0.339 e. The number of aromatic nitrogens is 1. The molecule has 1 unspecified atom stereocenters. The monoisotopic (exact) mass is 411 g/mol. The van der Waals surface area contributed by atoms with Gasteiger partial charge < -0.3 is 10.6 Å². The van der Waals surface area contributed by atoms with E-state index in [1.165, 1.54) is 12.4 Å². The summed E-state index contributed by atoms with van der Waals surface area (Å²) < 4.78 is 26.5. The molecule has 1 fully saturated rings. The zero-order valence-electron chi connectivity index (χ0n) is 15.5. The maximum absolute atomic E-state index is 12.7. The summed E-state index contributed by atoms with van der Waals surface area (Å²) in [7, 11) is -3.69. The van der Waals surface area contributed by atoms with E-state index in [0.29, 0.717) is 24.6 Å². The van der Waals surface area contributed by atoms with Crippen molar-refractivity contribution in [3.63, 3.8) is 0 Å². The summed E-state index contributed by atoms with van der Waals surface area (Å²) in [6, 6.07) is 8.35. The molecule has 0 saturated carbocycles. The number of carbonyl (C=O) groups excluding carboxylic acids is 1. The number of aryl methyl sites for hydroxylation is 1. The Morgan fingerprint density at radius 3 is 2.30 bits per heavy atom. The maximum atomic E-state index is 12.7. The van der Waals surface area contributed by atoms with Gasteiger partial charge in [0.25, 0.3) is 15.9 Å². The highest BCUT2D eigenvalue weighted by molar-refractivity contribution is 7.90. The first-order valence-electron chi connectivity index (χ1n) is 8.84. The fraction of sp³-hybridized carbons (Fsp3) is 0.421. The Labute approximate surface area is 166 Å². The van der Waals surface area contributed by atoms with Crippen LogP contribution in [-0.4, -0.2) is 42.3 Å². The fourth-order valence-corrected chi connectivity index (χ4v) is 4.49. The Balaban J connectivity index is 0.00000261. The average molecular weight is 412 g/mol. The van der Waals surface area contributed by atoms with Gasteiger partial charge in [-0.05, 0) is 50.8 Å². The lowest BCUT2D eigenvalue weighted by Gasteiger charge is -2.33. The minimum Gasteiger partial charge on any atom is -0.339 e. The summed E-state index contributed by atoms with van der Waals surface area (Å²) in [5, 5.41) is 0. The number of rotatable bonds is 4. The first kappa shape index (κ1) is 21.5. The lowest BCUT2D eigenvalue weighted by atomic mass is 9.91. The highest BCUT2D eigenvalue weighted by Crippen LogP contribution is 2.22. The molecule has 1 aliphatic rings. The van der Waals surface area contributed by atoms with Crippen LogP contribution in [0.5, 0.6) is 0 Å². The number of nitrogens with two attached hydrogens (primary N) is 1. The van der Waals surface area contributed by atoms with Crippen molar-refractivity contribution in [3.8, 4) is 0 Å². The SMILES string of the molecule is Cc1ccc(S(=O)(=O)n2ccc(C(=O)N3CCC(C(C)N)CC3)c2)cc1.Cl. The van der Waals surface area contributed by atoms with Crippen LogP contribution in [0.15, 0.2) is 47.6 Å². The second-order valence-corrected chi connectivity index (χ2v) is 8.88. The number of hydrogen-bond acceptors (Lipinski definition) is 4. The lowest BCUT2D eigenvalue weighted by molar-refractivity contribution is 0.0681. The third-order valence-corrected chi connectivity index (χ3v) is 6.73. The first-order chi connectivity index (χ1) is 12.3. The zero-order valence-corrected chi connectivity index (χ0v) is 17.2. The van der Waals surface area contributed by atoms with Crippen LogP contribution >= 0.6 is 12.4 Å². The van der Waals surface area contributed by atoms with Gasteiger partial charge >= 0.3 is 0 Å². The molecule has 0 spiro atoms. The molecule has 2 aromatic rings. The molecule has 1 aliphatic heterocycles. The van der Waals surface area contributed by atoms with E-state index in [1.54, 1.807) is 35.2 Å². The highest BCUT2D eigenvalue weighted by atomic mass is 35.5. The van der Waals surface area contributed by atoms with Gasteiger partial charge in [-0.25, -0.2) is 12.4 Å². The molecule has 1 aromatic carbocycles. The van der Waals surface area contributed by atoms with Crippen molar-refractivity contribution in [1.29, 1.82) is 0 Å². The van der Waals surface area contributed by atoms with Crippen molar-refractivity contribution < 1.29 is 13.2 Å². The fourth-order valence-electron chi connectivity index (χ4n) is 3.30. The van der Waals surface area contributed by atoms with Crippen molar-refractivity contribution >= 4 is 28.3 Å².